The van der Waals surface area contributed by atoms with Crippen LogP contribution < -0.4 is 5.32 Å². The number of rotatable bonds is 47. The maximum absolute atomic E-state index is 13.1. The van der Waals surface area contributed by atoms with Crippen molar-refractivity contribution in [2.75, 3.05) is 13.2 Å². The van der Waals surface area contributed by atoms with Gasteiger partial charge in [0, 0.05) is 6.42 Å². The van der Waals surface area contributed by atoms with Gasteiger partial charge < -0.3 is 40.3 Å². The number of ether oxygens (including phenoxy) is 2. The number of hydrogen-bond acceptors (Lipinski definition) is 8. The van der Waals surface area contributed by atoms with E-state index in [1.807, 2.05) is 6.08 Å². The molecule has 0 aliphatic carbocycles. The maximum atomic E-state index is 13.1. The Morgan fingerprint density at radius 2 is 0.886 bits per heavy atom. The molecule has 0 aromatic carbocycles. The highest BCUT2D eigenvalue weighted by molar-refractivity contribution is 5.76. The summed E-state index contributed by atoms with van der Waals surface area (Å²) in [4.78, 5) is 13.1. The monoisotopic (exact) mass is 980 g/mol. The first-order chi connectivity index (χ1) is 34.3. The number of nitrogens with one attached hydrogen (secondary N) is 1. The first-order valence-corrected chi connectivity index (χ1v) is 28.5. The fourth-order valence-electron chi connectivity index (χ4n) is 8.43. The Balaban J connectivity index is 2.26. The van der Waals surface area contributed by atoms with Crippen molar-refractivity contribution >= 4 is 5.91 Å². The van der Waals surface area contributed by atoms with Gasteiger partial charge >= 0.3 is 0 Å². The molecule has 1 saturated heterocycles. The Hall–Kier alpha value is -2.89. The normalized spacial score (nSPS) is 20.1. The van der Waals surface area contributed by atoms with Gasteiger partial charge in [-0.25, -0.2) is 0 Å². The van der Waals surface area contributed by atoms with Crippen molar-refractivity contribution in [3.63, 3.8) is 0 Å². The van der Waals surface area contributed by atoms with Gasteiger partial charge in [-0.3, -0.25) is 4.79 Å². The van der Waals surface area contributed by atoms with Gasteiger partial charge in [0.2, 0.25) is 5.91 Å². The molecular weight excluding hydrogens is 875 g/mol. The Bertz CT molecular complexity index is 1420. The lowest BCUT2D eigenvalue weighted by molar-refractivity contribution is -0.302. The molecule has 402 valence electrons. The van der Waals surface area contributed by atoms with Gasteiger partial charge in [0.05, 0.1) is 25.4 Å². The highest BCUT2D eigenvalue weighted by atomic mass is 16.7. The van der Waals surface area contributed by atoms with E-state index < -0.39 is 49.5 Å². The van der Waals surface area contributed by atoms with E-state index in [1.165, 1.54) is 109 Å². The van der Waals surface area contributed by atoms with Crippen LogP contribution in [0.5, 0.6) is 0 Å². The molecule has 1 amide bonds. The summed E-state index contributed by atoms with van der Waals surface area (Å²) in [6.45, 7) is 3.66. The molecule has 70 heavy (non-hydrogen) atoms. The van der Waals surface area contributed by atoms with Gasteiger partial charge in [0.15, 0.2) is 6.29 Å². The maximum Gasteiger partial charge on any atom is 0.220 e. The summed E-state index contributed by atoms with van der Waals surface area (Å²) in [6.07, 6.45) is 64.5. The van der Waals surface area contributed by atoms with Crippen molar-refractivity contribution in [2.24, 2.45) is 0 Å². The molecule has 9 nitrogen and oxygen atoms in total. The lowest BCUT2D eigenvalue weighted by atomic mass is 9.99. The summed E-state index contributed by atoms with van der Waals surface area (Å²) in [5, 5.41) is 54.5. The SMILES string of the molecule is CC/C=C\C/C=C\C/C=C\C/C=C\C/C=C\C/C=C\C/C=C\CCCCCCCCCC(=O)NC(COC1OC(CO)C(O)C(O)C1O)C(O)/C=C/CCCCCCCCCCCCCCCCCC. The first kappa shape index (κ1) is 65.1. The van der Waals surface area contributed by atoms with Crippen molar-refractivity contribution in [3.05, 3.63) is 97.2 Å². The molecule has 7 atom stereocenters. The molecule has 0 aromatic heterocycles. The predicted molar refractivity (Wildman–Crippen MR) is 294 cm³/mol. The van der Waals surface area contributed by atoms with E-state index in [0.29, 0.717) is 6.42 Å². The third-order valence-electron chi connectivity index (χ3n) is 12.9. The third kappa shape index (κ3) is 38.7. The minimum Gasteiger partial charge on any atom is -0.394 e. The van der Waals surface area contributed by atoms with Gasteiger partial charge in [-0.15, -0.1) is 0 Å². The first-order valence-electron chi connectivity index (χ1n) is 28.5. The predicted octanol–water partition coefficient (Wildman–Crippen LogP) is 14.0. The van der Waals surface area contributed by atoms with Gasteiger partial charge in [0.25, 0.3) is 0 Å². The minimum atomic E-state index is -1.57. The Labute approximate surface area is 428 Å². The molecule has 9 heteroatoms. The quantitative estimate of drug-likeness (QED) is 0.0261. The topological polar surface area (TPSA) is 149 Å². The molecule has 0 bridgehead atoms. The summed E-state index contributed by atoms with van der Waals surface area (Å²) in [5.41, 5.74) is 0. The second kappa shape index (κ2) is 49.7. The number of aliphatic hydroxyl groups is 5. The summed E-state index contributed by atoms with van der Waals surface area (Å²) < 4.78 is 11.3. The van der Waals surface area contributed by atoms with E-state index in [-0.39, 0.29) is 12.5 Å². The average molecular weight is 981 g/mol. The fourth-order valence-corrected chi connectivity index (χ4v) is 8.43. The molecular formula is C61H105NO8. The molecule has 1 aliphatic heterocycles. The molecule has 1 rings (SSSR count). The van der Waals surface area contributed by atoms with Crippen LogP contribution in [0.2, 0.25) is 0 Å². The Kier molecular flexibility index (Phi) is 46.2. The van der Waals surface area contributed by atoms with E-state index in [4.69, 9.17) is 9.47 Å². The van der Waals surface area contributed by atoms with Crippen molar-refractivity contribution in [3.8, 4) is 0 Å². The van der Waals surface area contributed by atoms with Gasteiger partial charge in [-0.1, -0.05) is 239 Å². The van der Waals surface area contributed by atoms with Crippen LogP contribution in [0.25, 0.3) is 0 Å². The number of carbonyl (C=O) groups excluding carboxylic acids is 1. The summed E-state index contributed by atoms with van der Waals surface area (Å²) in [7, 11) is 0. The molecule has 1 aliphatic rings. The molecule has 6 N–H and O–H groups in total. The van der Waals surface area contributed by atoms with Crippen molar-refractivity contribution in [1.29, 1.82) is 0 Å². The second-order valence-electron chi connectivity index (χ2n) is 19.4. The molecule has 7 unspecified atom stereocenters. The number of aliphatic hydroxyl groups excluding tert-OH is 5. The lowest BCUT2D eigenvalue weighted by Gasteiger charge is -2.40. The number of hydrogen-bond donors (Lipinski definition) is 6. The number of carbonyl (C=O) groups is 1. The van der Waals surface area contributed by atoms with Crippen molar-refractivity contribution in [2.45, 2.75) is 269 Å². The van der Waals surface area contributed by atoms with Crippen LogP contribution in [0, 0.1) is 0 Å². The minimum absolute atomic E-state index is 0.191. The summed E-state index contributed by atoms with van der Waals surface area (Å²) in [5.74, 6) is -0.191. The van der Waals surface area contributed by atoms with E-state index in [2.05, 4.69) is 104 Å². The zero-order valence-electron chi connectivity index (χ0n) is 44.5. The van der Waals surface area contributed by atoms with Crippen LogP contribution in [0.4, 0.5) is 0 Å². The lowest BCUT2D eigenvalue weighted by Crippen LogP contribution is -2.60. The molecule has 0 saturated carbocycles. The molecule has 1 fully saturated rings. The zero-order chi connectivity index (χ0) is 50.8. The van der Waals surface area contributed by atoms with Crippen LogP contribution in [-0.2, 0) is 14.3 Å². The molecule has 0 aromatic rings. The van der Waals surface area contributed by atoms with Crippen molar-refractivity contribution < 1.29 is 39.8 Å². The van der Waals surface area contributed by atoms with Crippen LogP contribution in [0.3, 0.4) is 0 Å². The average Bonchev–Trinajstić information content (AvgIpc) is 3.36. The summed E-state index contributed by atoms with van der Waals surface area (Å²) in [6, 6.07) is -0.818. The summed E-state index contributed by atoms with van der Waals surface area (Å²) >= 11 is 0. The highest BCUT2D eigenvalue weighted by Crippen LogP contribution is 2.23. The molecule has 0 radical (unpaired) electrons. The van der Waals surface area contributed by atoms with Crippen molar-refractivity contribution in [1.82, 2.24) is 5.32 Å². The Morgan fingerprint density at radius 3 is 1.31 bits per heavy atom. The smallest absolute Gasteiger partial charge is 0.220 e. The number of unbranched alkanes of at least 4 members (excludes halogenated alkanes) is 23. The van der Waals surface area contributed by atoms with Crippen LogP contribution in [-0.4, -0.2) is 87.5 Å². The number of amides is 1. The Morgan fingerprint density at radius 1 is 0.500 bits per heavy atom. The van der Waals surface area contributed by atoms with Crippen LogP contribution in [0.1, 0.15) is 226 Å². The molecule has 0 spiro atoms. The van der Waals surface area contributed by atoms with E-state index in [9.17, 15) is 30.3 Å². The van der Waals surface area contributed by atoms with E-state index in [1.54, 1.807) is 6.08 Å². The standard InChI is InChI=1S/C61H105NO8/c1-3-5-7-9-11-13-15-17-19-21-23-24-25-26-27-28-29-30-31-32-33-35-37-39-41-43-45-47-49-51-57(65)62-54(53-69-61-60(68)59(67)58(66)56(52-63)70-61)55(64)50-48-46-44-42-40-38-36-34-22-20-18-16-14-12-10-8-6-4-2/h5,7,11,13,17,19,23-24,26-27,29-30,32-33,48,50,54-56,58-61,63-64,66-68H,3-4,6,8-10,12,14-16,18,20-22,25,28,31,34-47,49,51-53H2,1-2H3,(H,62,65)/b7-5-,13-11-,19-17-,24-23-,27-26-,30-29-,33-32-,50-48+. The van der Waals surface area contributed by atoms with Gasteiger partial charge in [-0.05, 0) is 77.0 Å². The van der Waals surface area contributed by atoms with Crippen LogP contribution in [0.15, 0.2) is 97.2 Å². The van der Waals surface area contributed by atoms with Gasteiger partial charge in [0.1, 0.15) is 24.4 Å². The zero-order valence-corrected chi connectivity index (χ0v) is 44.5. The third-order valence-corrected chi connectivity index (χ3v) is 12.9. The second-order valence-corrected chi connectivity index (χ2v) is 19.4. The van der Waals surface area contributed by atoms with E-state index in [0.717, 1.165) is 96.3 Å². The largest absolute Gasteiger partial charge is 0.394 e. The highest BCUT2D eigenvalue weighted by Gasteiger charge is 2.44. The molecule has 1 heterocycles. The van der Waals surface area contributed by atoms with Crippen LogP contribution >= 0.6 is 0 Å². The van der Waals surface area contributed by atoms with E-state index >= 15 is 0 Å². The number of allylic oxidation sites excluding steroid dienone is 15. The fraction of sp³-hybridized carbons (Fsp3) is 0.721. The van der Waals surface area contributed by atoms with Gasteiger partial charge in [-0.2, -0.15) is 0 Å².